The number of benzene rings is 1. The van der Waals surface area contributed by atoms with Crippen LogP contribution in [0.25, 0.3) is 0 Å². The van der Waals surface area contributed by atoms with Gasteiger partial charge >= 0.3 is 6.09 Å². The second-order valence-electron chi connectivity index (χ2n) is 4.52. The Hall–Kier alpha value is -1.51. The van der Waals surface area contributed by atoms with Gasteiger partial charge in [0.05, 0.1) is 17.8 Å². The number of hydrogen-bond donors (Lipinski definition) is 1. The van der Waals surface area contributed by atoms with Gasteiger partial charge in [-0.15, -0.1) is 0 Å². The predicted octanol–water partition coefficient (Wildman–Crippen LogP) is 0.995. The van der Waals surface area contributed by atoms with Crippen LogP contribution in [-0.4, -0.2) is 57.0 Å². The molecule has 0 atom stereocenters. The maximum absolute atomic E-state index is 12.6. The summed E-state index contributed by atoms with van der Waals surface area (Å²) in [5.74, 6) is 0. The number of halogens is 1. The number of ether oxygens (including phenoxy) is 1. The van der Waals surface area contributed by atoms with Gasteiger partial charge in [-0.05, 0) is 12.1 Å². The molecule has 1 amide bonds. The van der Waals surface area contributed by atoms with Gasteiger partial charge in [-0.25, -0.2) is 13.2 Å². The van der Waals surface area contributed by atoms with Gasteiger partial charge in [0.25, 0.3) is 0 Å². The Balaban J connectivity index is 2.21. The maximum atomic E-state index is 12.6. The second-order valence-corrected chi connectivity index (χ2v) is 6.80. The fourth-order valence-electron chi connectivity index (χ4n) is 2.17. The maximum Gasteiger partial charge on any atom is 0.409 e. The number of sulfonamides is 1. The van der Waals surface area contributed by atoms with Crippen LogP contribution in [0.4, 0.5) is 10.5 Å². The molecule has 116 valence electrons. The van der Waals surface area contributed by atoms with Crippen LogP contribution in [0.5, 0.6) is 0 Å². The Morgan fingerprint density at radius 2 is 1.90 bits per heavy atom. The van der Waals surface area contributed by atoms with Crippen LogP contribution >= 0.6 is 11.6 Å². The Kier molecular flexibility index (Phi) is 4.60. The average molecular weight is 334 g/mol. The van der Waals surface area contributed by atoms with E-state index in [9.17, 15) is 13.2 Å². The fourth-order valence-corrected chi connectivity index (χ4v) is 4.22. The Morgan fingerprint density at radius 3 is 2.43 bits per heavy atom. The average Bonchev–Trinajstić information content (AvgIpc) is 2.46. The van der Waals surface area contributed by atoms with Crippen molar-refractivity contribution in [3.8, 4) is 0 Å². The first-order chi connectivity index (χ1) is 9.87. The number of nitrogens with zero attached hydrogens (tertiary/aromatic N) is 2. The van der Waals surface area contributed by atoms with E-state index in [1.807, 2.05) is 0 Å². The van der Waals surface area contributed by atoms with Crippen molar-refractivity contribution < 1.29 is 17.9 Å². The summed E-state index contributed by atoms with van der Waals surface area (Å²) in [6.07, 6.45) is -0.468. The van der Waals surface area contributed by atoms with E-state index in [4.69, 9.17) is 17.3 Å². The first-order valence-electron chi connectivity index (χ1n) is 6.25. The quantitative estimate of drug-likeness (QED) is 0.815. The summed E-state index contributed by atoms with van der Waals surface area (Å²) < 4.78 is 31.1. The van der Waals surface area contributed by atoms with Gasteiger partial charge in [-0.2, -0.15) is 4.31 Å². The number of carbonyl (C=O) groups is 1. The summed E-state index contributed by atoms with van der Waals surface area (Å²) in [5, 5.41) is 0.0883. The zero-order valence-corrected chi connectivity index (χ0v) is 13.0. The molecule has 1 aliphatic heterocycles. The molecular weight excluding hydrogens is 318 g/mol. The van der Waals surface area contributed by atoms with E-state index in [-0.39, 0.29) is 41.8 Å². The Morgan fingerprint density at radius 1 is 1.29 bits per heavy atom. The van der Waals surface area contributed by atoms with Gasteiger partial charge in [-0.3, -0.25) is 0 Å². The molecule has 0 radical (unpaired) electrons. The molecule has 1 aromatic carbocycles. The summed E-state index contributed by atoms with van der Waals surface area (Å²) in [5.41, 5.74) is 5.85. The lowest BCUT2D eigenvalue weighted by Crippen LogP contribution is -2.50. The number of nitrogens with two attached hydrogens (primary N) is 1. The van der Waals surface area contributed by atoms with Crippen molar-refractivity contribution in [2.24, 2.45) is 0 Å². The van der Waals surface area contributed by atoms with Crippen molar-refractivity contribution in [1.82, 2.24) is 9.21 Å². The Labute approximate surface area is 128 Å². The molecule has 7 nitrogen and oxygen atoms in total. The molecule has 0 aliphatic carbocycles. The fraction of sp³-hybridized carbons (Fsp3) is 0.417. The lowest BCUT2D eigenvalue weighted by molar-refractivity contribution is 0.108. The number of piperazine rings is 1. The molecule has 0 bridgehead atoms. The van der Waals surface area contributed by atoms with E-state index in [1.54, 1.807) is 6.07 Å². The molecule has 9 heteroatoms. The third kappa shape index (κ3) is 3.07. The third-order valence-electron chi connectivity index (χ3n) is 3.27. The zero-order valence-electron chi connectivity index (χ0n) is 11.5. The van der Waals surface area contributed by atoms with E-state index in [2.05, 4.69) is 4.74 Å². The molecule has 2 N–H and O–H groups in total. The Bertz CT molecular complexity index is 622. The standard InChI is InChI=1S/C12H16ClN3O4S/c1-20-12(17)15-5-7-16(8-6-15)21(18,19)11-9(13)3-2-4-10(11)14/h2-4H,5-8,14H2,1H3. The molecule has 1 aliphatic rings. The van der Waals surface area contributed by atoms with Crippen molar-refractivity contribution in [3.05, 3.63) is 23.2 Å². The van der Waals surface area contributed by atoms with Gasteiger partial charge in [-0.1, -0.05) is 17.7 Å². The van der Waals surface area contributed by atoms with Crippen LogP contribution < -0.4 is 5.73 Å². The van der Waals surface area contributed by atoms with E-state index in [1.165, 1.54) is 28.4 Å². The lowest BCUT2D eigenvalue weighted by Gasteiger charge is -2.33. The predicted molar refractivity (Wildman–Crippen MR) is 78.6 cm³/mol. The molecule has 21 heavy (non-hydrogen) atoms. The molecule has 0 unspecified atom stereocenters. The molecule has 1 heterocycles. The number of anilines is 1. The van der Waals surface area contributed by atoms with E-state index >= 15 is 0 Å². The van der Waals surface area contributed by atoms with Gasteiger partial charge in [0.1, 0.15) is 4.90 Å². The van der Waals surface area contributed by atoms with Crippen LogP contribution in [0, 0.1) is 0 Å². The number of hydrogen-bond acceptors (Lipinski definition) is 5. The number of rotatable bonds is 2. The number of amides is 1. The van der Waals surface area contributed by atoms with Crippen LogP contribution in [0.2, 0.25) is 5.02 Å². The largest absolute Gasteiger partial charge is 0.453 e. The molecule has 1 fully saturated rings. The van der Waals surface area contributed by atoms with E-state index in [0.717, 1.165) is 0 Å². The SMILES string of the molecule is COC(=O)N1CCN(S(=O)(=O)c2c(N)cccc2Cl)CC1. The lowest BCUT2D eigenvalue weighted by atomic mass is 10.3. The van der Waals surface area contributed by atoms with E-state index < -0.39 is 16.1 Å². The summed E-state index contributed by atoms with van der Waals surface area (Å²) >= 11 is 5.96. The van der Waals surface area contributed by atoms with Crippen molar-refractivity contribution in [2.45, 2.75) is 4.90 Å². The van der Waals surface area contributed by atoms with Gasteiger partial charge < -0.3 is 15.4 Å². The van der Waals surface area contributed by atoms with Crippen molar-refractivity contribution in [2.75, 3.05) is 39.0 Å². The molecular formula is C12H16ClN3O4S. The summed E-state index contributed by atoms with van der Waals surface area (Å²) in [4.78, 5) is 12.8. The minimum atomic E-state index is -3.78. The molecule has 0 spiro atoms. The number of nitrogen functional groups attached to an aromatic ring is 1. The summed E-state index contributed by atoms with van der Waals surface area (Å²) in [7, 11) is -2.49. The molecule has 0 aromatic heterocycles. The smallest absolute Gasteiger partial charge is 0.409 e. The monoisotopic (exact) mass is 333 g/mol. The topological polar surface area (TPSA) is 92.9 Å². The highest BCUT2D eigenvalue weighted by molar-refractivity contribution is 7.89. The molecule has 1 saturated heterocycles. The normalized spacial score (nSPS) is 16.8. The zero-order chi connectivity index (χ0) is 15.6. The first kappa shape index (κ1) is 15.9. The van der Waals surface area contributed by atoms with Gasteiger partial charge in [0.15, 0.2) is 0 Å². The molecule has 1 aromatic rings. The first-order valence-corrected chi connectivity index (χ1v) is 8.06. The van der Waals surface area contributed by atoms with Gasteiger partial charge in [0.2, 0.25) is 10.0 Å². The third-order valence-corrected chi connectivity index (χ3v) is 5.71. The van der Waals surface area contributed by atoms with Crippen molar-refractivity contribution in [3.63, 3.8) is 0 Å². The second kappa shape index (κ2) is 6.08. The van der Waals surface area contributed by atoms with Crippen molar-refractivity contribution in [1.29, 1.82) is 0 Å². The van der Waals surface area contributed by atoms with Crippen molar-refractivity contribution >= 4 is 33.4 Å². The highest BCUT2D eigenvalue weighted by atomic mass is 35.5. The highest BCUT2D eigenvalue weighted by Gasteiger charge is 2.32. The highest BCUT2D eigenvalue weighted by Crippen LogP contribution is 2.30. The van der Waals surface area contributed by atoms with E-state index in [0.29, 0.717) is 0 Å². The summed E-state index contributed by atoms with van der Waals surface area (Å²) in [6, 6.07) is 4.56. The van der Waals surface area contributed by atoms with Crippen LogP contribution in [0.15, 0.2) is 23.1 Å². The minimum absolute atomic E-state index is 0.0850. The van der Waals surface area contributed by atoms with Crippen LogP contribution in [0.3, 0.4) is 0 Å². The number of carbonyl (C=O) groups excluding carboxylic acids is 1. The van der Waals surface area contributed by atoms with Gasteiger partial charge in [0, 0.05) is 26.2 Å². The number of methoxy groups -OCH3 is 1. The van der Waals surface area contributed by atoms with Crippen LogP contribution in [-0.2, 0) is 14.8 Å². The molecule has 0 saturated carbocycles. The minimum Gasteiger partial charge on any atom is -0.453 e. The van der Waals surface area contributed by atoms with Crippen LogP contribution in [0.1, 0.15) is 0 Å². The summed E-state index contributed by atoms with van der Waals surface area (Å²) in [6.45, 7) is 0.858. The molecule has 2 rings (SSSR count).